The van der Waals surface area contributed by atoms with Crippen LogP contribution in [0.1, 0.15) is 29.3 Å². The first-order valence-electron chi connectivity index (χ1n) is 8.47. The summed E-state index contributed by atoms with van der Waals surface area (Å²) >= 11 is 0. The number of benzene rings is 2. The van der Waals surface area contributed by atoms with Crippen molar-refractivity contribution in [3.63, 3.8) is 0 Å². The van der Waals surface area contributed by atoms with Gasteiger partial charge in [0.1, 0.15) is 0 Å². The molecule has 5 nitrogen and oxygen atoms in total. The summed E-state index contributed by atoms with van der Waals surface area (Å²) in [5, 5.41) is 3.95. The number of aryl methyl sites for hydroxylation is 3. The number of rotatable bonds is 5. The van der Waals surface area contributed by atoms with Gasteiger partial charge in [0.25, 0.3) is 10.0 Å². The molecule has 0 amide bonds. The third-order valence-corrected chi connectivity index (χ3v) is 6.01. The summed E-state index contributed by atoms with van der Waals surface area (Å²) in [7, 11) is -3.72. The Bertz CT molecular complexity index is 1050. The average molecular weight is 370 g/mol. The van der Waals surface area contributed by atoms with E-state index in [0.29, 0.717) is 22.6 Å². The van der Waals surface area contributed by atoms with Gasteiger partial charge in [0.2, 0.25) is 0 Å². The molecule has 26 heavy (non-hydrogen) atoms. The van der Waals surface area contributed by atoms with Gasteiger partial charge in [0.05, 0.1) is 10.6 Å². The first-order valence-corrected chi connectivity index (χ1v) is 9.96. The first kappa shape index (κ1) is 18.2. The summed E-state index contributed by atoms with van der Waals surface area (Å²) in [6.07, 6.45) is 0.841. The lowest BCUT2D eigenvalue weighted by molar-refractivity contribution is 0.427. The molecule has 0 radical (unpaired) electrons. The van der Waals surface area contributed by atoms with Crippen LogP contribution in [0.2, 0.25) is 0 Å². The fraction of sp³-hybridized carbons (Fsp3) is 0.250. The monoisotopic (exact) mass is 370 g/mol. The van der Waals surface area contributed by atoms with E-state index in [2.05, 4.69) is 9.88 Å². The molecular weight excluding hydrogens is 348 g/mol. The number of anilines is 1. The zero-order chi connectivity index (χ0) is 18.9. The Morgan fingerprint density at radius 1 is 1.08 bits per heavy atom. The maximum Gasteiger partial charge on any atom is 0.262 e. The standard InChI is InChI=1S/C20H22N2O3S/c1-5-16-7-6-8-18(11-16)22-26(23,24)19-12-17(10-9-13(19)2)20-14(3)15(4)21-25-20/h6-12,22H,5H2,1-4H3. The van der Waals surface area contributed by atoms with E-state index in [1.165, 1.54) is 0 Å². The maximum atomic E-state index is 12.9. The molecule has 0 aliphatic rings. The molecule has 1 aromatic heterocycles. The lowest BCUT2D eigenvalue weighted by Gasteiger charge is -2.12. The van der Waals surface area contributed by atoms with Gasteiger partial charge >= 0.3 is 0 Å². The van der Waals surface area contributed by atoms with Gasteiger partial charge in [-0.2, -0.15) is 0 Å². The second kappa shape index (κ2) is 6.96. The van der Waals surface area contributed by atoms with Crippen LogP contribution in [-0.4, -0.2) is 13.6 Å². The minimum absolute atomic E-state index is 0.227. The fourth-order valence-electron chi connectivity index (χ4n) is 2.78. The zero-order valence-electron chi connectivity index (χ0n) is 15.3. The van der Waals surface area contributed by atoms with Gasteiger partial charge < -0.3 is 4.52 Å². The molecule has 0 unspecified atom stereocenters. The van der Waals surface area contributed by atoms with Gasteiger partial charge in [-0.05, 0) is 56.5 Å². The normalized spacial score (nSPS) is 11.5. The molecule has 136 valence electrons. The Balaban J connectivity index is 2.01. The molecule has 0 aliphatic heterocycles. The minimum Gasteiger partial charge on any atom is -0.356 e. The van der Waals surface area contributed by atoms with Crippen LogP contribution in [-0.2, 0) is 16.4 Å². The first-order chi connectivity index (χ1) is 12.3. The summed E-state index contributed by atoms with van der Waals surface area (Å²) in [5.74, 6) is 0.590. The molecule has 0 saturated carbocycles. The van der Waals surface area contributed by atoms with E-state index in [9.17, 15) is 8.42 Å². The van der Waals surface area contributed by atoms with Gasteiger partial charge in [-0.15, -0.1) is 0 Å². The topological polar surface area (TPSA) is 72.2 Å². The van der Waals surface area contributed by atoms with Crippen molar-refractivity contribution >= 4 is 15.7 Å². The van der Waals surface area contributed by atoms with Crippen LogP contribution in [0.3, 0.4) is 0 Å². The second-order valence-electron chi connectivity index (χ2n) is 6.36. The Hall–Kier alpha value is -2.60. The van der Waals surface area contributed by atoms with Gasteiger partial charge in [-0.1, -0.05) is 36.3 Å². The van der Waals surface area contributed by atoms with Gasteiger partial charge in [-0.3, -0.25) is 4.72 Å². The van der Waals surface area contributed by atoms with E-state index < -0.39 is 10.0 Å². The zero-order valence-corrected chi connectivity index (χ0v) is 16.1. The summed E-state index contributed by atoms with van der Waals surface area (Å²) in [5.41, 5.74) is 4.68. The molecule has 1 heterocycles. The molecule has 6 heteroatoms. The third-order valence-electron chi connectivity index (χ3n) is 4.48. The van der Waals surface area contributed by atoms with Crippen LogP contribution in [0.4, 0.5) is 5.69 Å². The molecule has 0 saturated heterocycles. The summed E-state index contributed by atoms with van der Waals surface area (Å²) in [4.78, 5) is 0.227. The smallest absolute Gasteiger partial charge is 0.262 e. The average Bonchev–Trinajstić information content (AvgIpc) is 2.94. The van der Waals surface area contributed by atoms with E-state index in [4.69, 9.17) is 4.52 Å². The fourth-order valence-corrected chi connectivity index (χ4v) is 4.10. The quantitative estimate of drug-likeness (QED) is 0.711. The van der Waals surface area contributed by atoms with Crippen molar-refractivity contribution in [2.24, 2.45) is 0 Å². The SMILES string of the molecule is CCc1cccc(NS(=O)(=O)c2cc(-c3onc(C)c3C)ccc2C)c1. The van der Waals surface area contributed by atoms with E-state index in [0.717, 1.165) is 23.2 Å². The highest BCUT2D eigenvalue weighted by Gasteiger charge is 2.20. The molecule has 1 N–H and O–H groups in total. The van der Waals surface area contributed by atoms with E-state index >= 15 is 0 Å². The molecular formula is C20H22N2O3S. The van der Waals surface area contributed by atoms with Crippen LogP contribution >= 0.6 is 0 Å². The largest absolute Gasteiger partial charge is 0.356 e. The summed E-state index contributed by atoms with van der Waals surface area (Å²) < 4.78 is 33.9. The lowest BCUT2D eigenvalue weighted by Crippen LogP contribution is -2.14. The van der Waals surface area contributed by atoms with Crippen molar-refractivity contribution in [2.45, 2.75) is 39.0 Å². The molecule has 0 spiro atoms. The number of nitrogens with zero attached hydrogens (tertiary/aromatic N) is 1. The maximum absolute atomic E-state index is 12.9. The lowest BCUT2D eigenvalue weighted by atomic mass is 10.1. The second-order valence-corrected chi connectivity index (χ2v) is 8.01. The minimum atomic E-state index is -3.72. The van der Waals surface area contributed by atoms with E-state index in [-0.39, 0.29) is 4.90 Å². The Morgan fingerprint density at radius 2 is 1.85 bits per heavy atom. The summed E-state index contributed by atoms with van der Waals surface area (Å²) in [6.45, 7) is 7.57. The van der Waals surface area contributed by atoms with Gasteiger partial charge in [0.15, 0.2) is 5.76 Å². The molecule has 0 fully saturated rings. The number of nitrogens with one attached hydrogen (secondary N) is 1. The predicted molar refractivity (Wildman–Crippen MR) is 103 cm³/mol. The Morgan fingerprint density at radius 3 is 2.50 bits per heavy atom. The van der Waals surface area contributed by atoms with Gasteiger partial charge in [0, 0.05) is 16.8 Å². The highest BCUT2D eigenvalue weighted by atomic mass is 32.2. The van der Waals surface area contributed by atoms with Crippen LogP contribution in [0, 0.1) is 20.8 Å². The number of hydrogen-bond acceptors (Lipinski definition) is 4. The number of sulfonamides is 1. The van der Waals surface area contributed by atoms with Crippen molar-refractivity contribution in [1.82, 2.24) is 5.16 Å². The van der Waals surface area contributed by atoms with Crippen molar-refractivity contribution in [3.8, 4) is 11.3 Å². The molecule has 2 aromatic carbocycles. The van der Waals surface area contributed by atoms with Crippen molar-refractivity contribution in [3.05, 3.63) is 64.8 Å². The number of aromatic nitrogens is 1. The van der Waals surface area contributed by atoms with Crippen molar-refractivity contribution < 1.29 is 12.9 Å². The van der Waals surface area contributed by atoms with Crippen LogP contribution < -0.4 is 4.72 Å². The van der Waals surface area contributed by atoms with Crippen LogP contribution in [0.25, 0.3) is 11.3 Å². The van der Waals surface area contributed by atoms with Crippen LogP contribution in [0.15, 0.2) is 51.9 Å². The van der Waals surface area contributed by atoms with E-state index in [1.54, 1.807) is 25.1 Å². The van der Waals surface area contributed by atoms with E-state index in [1.807, 2.05) is 45.0 Å². The van der Waals surface area contributed by atoms with Crippen molar-refractivity contribution in [1.29, 1.82) is 0 Å². The predicted octanol–water partition coefficient (Wildman–Crippen LogP) is 4.63. The Labute approximate surface area is 154 Å². The molecule has 3 rings (SSSR count). The molecule has 0 bridgehead atoms. The summed E-state index contributed by atoms with van der Waals surface area (Å²) in [6, 6.07) is 12.7. The third kappa shape index (κ3) is 3.51. The van der Waals surface area contributed by atoms with Crippen molar-refractivity contribution in [2.75, 3.05) is 4.72 Å². The highest BCUT2D eigenvalue weighted by Crippen LogP contribution is 2.29. The Kier molecular flexibility index (Phi) is 4.87. The van der Waals surface area contributed by atoms with Crippen LogP contribution in [0.5, 0.6) is 0 Å². The highest BCUT2D eigenvalue weighted by molar-refractivity contribution is 7.92. The molecule has 0 atom stereocenters. The molecule has 0 aliphatic carbocycles. The van der Waals surface area contributed by atoms with Gasteiger partial charge in [-0.25, -0.2) is 8.42 Å². The molecule has 3 aromatic rings. The number of hydrogen-bond donors (Lipinski definition) is 1.